The van der Waals surface area contributed by atoms with Crippen LogP contribution in [0.1, 0.15) is 72.7 Å². The lowest BCUT2D eigenvalue weighted by molar-refractivity contribution is 0.0933. The summed E-state index contributed by atoms with van der Waals surface area (Å²) >= 11 is 0. The van der Waals surface area contributed by atoms with E-state index in [0.717, 1.165) is 19.3 Å². The van der Waals surface area contributed by atoms with Gasteiger partial charge in [0.25, 0.3) is 11.8 Å². The van der Waals surface area contributed by atoms with Crippen molar-refractivity contribution in [1.29, 1.82) is 0 Å². The number of pyridine rings is 1. The van der Waals surface area contributed by atoms with E-state index in [9.17, 15) is 9.59 Å². The number of hydrogen-bond donors (Lipinski definition) is 2. The molecule has 0 spiro atoms. The maximum Gasteiger partial charge on any atom is 0.269 e. The molecule has 0 aliphatic heterocycles. The first-order valence-electron chi connectivity index (χ1n) is 8.26. The van der Waals surface area contributed by atoms with Crippen LogP contribution in [0.3, 0.4) is 0 Å². The number of nitrogens with zero attached hydrogens (tertiary/aromatic N) is 1. The number of aromatic nitrogens is 1. The van der Waals surface area contributed by atoms with Crippen LogP contribution in [0.4, 0.5) is 0 Å². The standard InChI is InChI=1S/C17H25N3O2/c1-2-10-19-17(22)15-12-13(9-11-18-15)16(21)20-14-7-5-3-4-6-8-14/h9,11-12,14H,2-8,10H2,1H3,(H,19,22)(H,20,21). The maximum atomic E-state index is 12.3. The molecule has 0 bridgehead atoms. The summed E-state index contributed by atoms with van der Waals surface area (Å²) in [5.74, 6) is -0.343. The fraction of sp³-hybridized carbons (Fsp3) is 0.588. The highest BCUT2D eigenvalue weighted by Gasteiger charge is 2.17. The molecule has 0 unspecified atom stereocenters. The Balaban J connectivity index is 1.98. The molecule has 22 heavy (non-hydrogen) atoms. The van der Waals surface area contributed by atoms with Gasteiger partial charge >= 0.3 is 0 Å². The van der Waals surface area contributed by atoms with Crippen molar-refractivity contribution in [2.24, 2.45) is 0 Å². The third-order valence-electron chi connectivity index (χ3n) is 3.98. The van der Waals surface area contributed by atoms with E-state index < -0.39 is 0 Å². The number of carbonyl (C=O) groups excluding carboxylic acids is 2. The van der Waals surface area contributed by atoms with Crippen molar-refractivity contribution in [3.63, 3.8) is 0 Å². The highest BCUT2D eigenvalue weighted by molar-refractivity contribution is 5.98. The van der Waals surface area contributed by atoms with Gasteiger partial charge in [0.1, 0.15) is 5.69 Å². The van der Waals surface area contributed by atoms with Gasteiger partial charge in [-0.25, -0.2) is 0 Å². The van der Waals surface area contributed by atoms with Gasteiger partial charge in [0, 0.05) is 24.3 Å². The van der Waals surface area contributed by atoms with Crippen molar-refractivity contribution >= 4 is 11.8 Å². The first-order chi connectivity index (χ1) is 10.7. The molecule has 0 atom stereocenters. The molecule has 2 amide bonds. The van der Waals surface area contributed by atoms with Gasteiger partial charge in [-0.05, 0) is 31.4 Å². The molecule has 0 radical (unpaired) electrons. The van der Waals surface area contributed by atoms with E-state index in [1.807, 2.05) is 6.92 Å². The minimum Gasteiger partial charge on any atom is -0.351 e. The second-order valence-electron chi connectivity index (χ2n) is 5.85. The van der Waals surface area contributed by atoms with Crippen LogP contribution in [0.15, 0.2) is 18.3 Å². The lowest BCUT2D eigenvalue weighted by Crippen LogP contribution is -2.34. The quantitative estimate of drug-likeness (QED) is 0.822. The van der Waals surface area contributed by atoms with E-state index >= 15 is 0 Å². The molecule has 0 saturated heterocycles. The highest BCUT2D eigenvalue weighted by Crippen LogP contribution is 2.17. The minimum absolute atomic E-state index is 0.112. The first-order valence-corrected chi connectivity index (χ1v) is 8.26. The lowest BCUT2D eigenvalue weighted by atomic mass is 10.1. The van der Waals surface area contributed by atoms with Crippen LogP contribution in [0.5, 0.6) is 0 Å². The highest BCUT2D eigenvalue weighted by atomic mass is 16.2. The zero-order valence-corrected chi connectivity index (χ0v) is 13.2. The number of nitrogens with one attached hydrogen (secondary N) is 2. The Morgan fingerprint density at radius 1 is 1.18 bits per heavy atom. The normalized spacial score (nSPS) is 15.9. The van der Waals surface area contributed by atoms with Gasteiger partial charge in [-0.1, -0.05) is 32.6 Å². The van der Waals surface area contributed by atoms with Crippen molar-refractivity contribution in [3.8, 4) is 0 Å². The number of rotatable bonds is 5. The molecule has 2 rings (SSSR count). The topological polar surface area (TPSA) is 71.1 Å². The molecule has 0 aromatic carbocycles. The molecule has 120 valence electrons. The summed E-state index contributed by atoms with van der Waals surface area (Å²) in [6.45, 7) is 2.60. The molecule has 1 aromatic heterocycles. The number of carbonyl (C=O) groups is 2. The molecular weight excluding hydrogens is 278 g/mol. The summed E-state index contributed by atoms with van der Waals surface area (Å²) < 4.78 is 0. The monoisotopic (exact) mass is 303 g/mol. The maximum absolute atomic E-state index is 12.3. The average molecular weight is 303 g/mol. The van der Waals surface area contributed by atoms with Crippen LogP contribution in [-0.2, 0) is 0 Å². The van der Waals surface area contributed by atoms with Crippen LogP contribution < -0.4 is 10.6 Å². The van der Waals surface area contributed by atoms with Crippen molar-refractivity contribution < 1.29 is 9.59 Å². The summed E-state index contributed by atoms with van der Waals surface area (Å²) in [4.78, 5) is 28.3. The Morgan fingerprint density at radius 2 is 1.91 bits per heavy atom. The second kappa shape index (κ2) is 8.51. The van der Waals surface area contributed by atoms with E-state index in [0.29, 0.717) is 17.8 Å². The van der Waals surface area contributed by atoms with Crippen molar-refractivity contribution in [2.45, 2.75) is 57.9 Å². The molecule has 1 aromatic rings. The summed E-state index contributed by atoms with van der Waals surface area (Å²) in [5.41, 5.74) is 0.794. The molecule has 1 aliphatic carbocycles. The van der Waals surface area contributed by atoms with E-state index in [2.05, 4.69) is 15.6 Å². The van der Waals surface area contributed by atoms with Crippen LogP contribution in [-0.4, -0.2) is 29.4 Å². The van der Waals surface area contributed by atoms with Gasteiger partial charge in [0.15, 0.2) is 0 Å². The summed E-state index contributed by atoms with van der Waals surface area (Å²) in [6, 6.07) is 3.47. The van der Waals surface area contributed by atoms with Crippen molar-refractivity contribution in [1.82, 2.24) is 15.6 Å². The van der Waals surface area contributed by atoms with E-state index in [1.54, 1.807) is 12.1 Å². The first kappa shape index (κ1) is 16.5. The lowest BCUT2D eigenvalue weighted by Gasteiger charge is -2.16. The Morgan fingerprint density at radius 3 is 2.59 bits per heavy atom. The van der Waals surface area contributed by atoms with Gasteiger partial charge in [-0.2, -0.15) is 0 Å². The Hall–Kier alpha value is -1.91. The smallest absolute Gasteiger partial charge is 0.269 e. The molecule has 2 N–H and O–H groups in total. The average Bonchev–Trinajstić information content (AvgIpc) is 2.81. The zero-order chi connectivity index (χ0) is 15.8. The summed E-state index contributed by atoms with van der Waals surface area (Å²) in [6.07, 6.45) is 9.32. The van der Waals surface area contributed by atoms with Crippen LogP contribution in [0.2, 0.25) is 0 Å². The molecular formula is C17H25N3O2. The molecule has 1 heterocycles. The minimum atomic E-state index is -0.231. The number of amides is 2. The predicted octanol–water partition coefficient (Wildman–Crippen LogP) is 2.67. The fourth-order valence-electron chi connectivity index (χ4n) is 2.72. The molecule has 5 nitrogen and oxygen atoms in total. The predicted molar refractivity (Wildman–Crippen MR) is 85.8 cm³/mol. The summed E-state index contributed by atoms with van der Waals surface area (Å²) in [5, 5.41) is 5.86. The Bertz CT molecular complexity index is 508. The fourth-order valence-corrected chi connectivity index (χ4v) is 2.72. The van der Waals surface area contributed by atoms with Crippen LogP contribution in [0, 0.1) is 0 Å². The van der Waals surface area contributed by atoms with Gasteiger partial charge < -0.3 is 10.6 Å². The second-order valence-corrected chi connectivity index (χ2v) is 5.85. The van der Waals surface area contributed by atoms with Crippen LogP contribution >= 0.6 is 0 Å². The SMILES string of the molecule is CCCNC(=O)c1cc(C(=O)NC2CCCCCC2)ccn1. The van der Waals surface area contributed by atoms with Gasteiger partial charge in [0.2, 0.25) is 0 Å². The molecule has 1 aliphatic rings. The van der Waals surface area contributed by atoms with Crippen molar-refractivity contribution in [2.75, 3.05) is 6.54 Å². The van der Waals surface area contributed by atoms with Gasteiger partial charge in [-0.15, -0.1) is 0 Å². The van der Waals surface area contributed by atoms with E-state index in [-0.39, 0.29) is 17.9 Å². The van der Waals surface area contributed by atoms with Crippen LogP contribution in [0.25, 0.3) is 0 Å². The van der Waals surface area contributed by atoms with Gasteiger partial charge in [0.05, 0.1) is 0 Å². The third kappa shape index (κ3) is 4.83. The Kier molecular flexibility index (Phi) is 6.37. The Labute approximate surface area is 131 Å². The molecule has 1 fully saturated rings. The largest absolute Gasteiger partial charge is 0.351 e. The van der Waals surface area contributed by atoms with E-state index in [4.69, 9.17) is 0 Å². The number of hydrogen-bond acceptors (Lipinski definition) is 3. The van der Waals surface area contributed by atoms with E-state index in [1.165, 1.54) is 31.9 Å². The molecule has 5 heteroatoms. The zero-order valence-electron chi connectivity index (χ0n) is 13.2. The van der Waals surface area contributed by atoms with Gasteiger partial charge in [-0.3, -0.25) is 14.6 Å². The third-order valence-corrected chi connectivity index (χ3v) is 3.98. The van der Waals surface area contributed by atoms with Crippen molar-refractivity contribution in [3.05, 3.63) is 29.6 Å². The molecule has 1 saturated carbocycles. The summed E-state index contributed by atoms with van der Waals surface area (Å²) in [7, 11) is 0.